The van der Waals surface area contributed by atoms with Gasteiger partial charge in [-0.25, -0.2) is 0 Å². The highest BCUT2D eigenvalue weighted by molar-refractivity contribution is 5.77. The van der Waals surface area contributed by atoms with Gasteiger partial charge in [0.2, 0.25) is 0 Å². The van der Waals surface area contributed by atoms with Crippen molar-refractivity contribution in [3.05, 3.63) is 30.0 Å². The summed E-state index contributed by atoms with van der Waals surface area (Å²) in [6, 6.07) is 6.44. The molecule has 114 valence electrons. The molecule has 4 nitrogen and oxygen atoms in total. The number of benzene rings is 1. The van der Waals surface area contributed by atoms with Gasteiger partial charge in [-0.1, -0.05) is 26.0 Å². The van der Waals surface area contributed by atoms with E-state index in [1.807, 2.05) is 0 Å². The summed E-state index contributed by atoms with van der Waals surface area (Å²) < 4.78 is 28.7. The van der Waals surface area contributed by atoms with Gasteiger partial charge in [-0.2, -0.15) is 13.9 Å². The lowest BCUT2D eigenvalue weighted by molar-refractivity contribution is -0.0498. The molecule has 0 aliphatic heterocycles. The fourth-order valence-electron chi connectivity index (χ4n) is 2.47. The topological polar surface area (TPSA) is 63.9 Å². The van der Waals surface area contributed by atoms with E-state index < -0.39 is 6.61 Å². The van der Waals surface area contributed by atoms with Crippen LogP contribution in [0.1, 0.15) is 38.3 Å². The van der Waals surface area contributed by atoms with Crippen LogP contribution in [-0.2, 0) is 0 Å². The van der Waals surface area contributed by atoms with Gasteiger partial charge in [-0.15, -0.1) is 0 Å². The molecule has 0 unspecified atom stereocenters. The van der Waals surface area contributed by atoms with Gasteiger partial charge < -0.3 is 10.5 Å². The Morgan fingerprint density at radius 3 is 2.33 bits per heavy atom. The van der Waals surface area contributed by atoms with Gasteiger partial charge in [0.1, 0.15) is 5.75 Å². The Labute approximate surface area is 122 Å². The lowest BCUT2D eigenvalue weighted by Crippen LogP contribution is -2.02. The Kier molecular flexibility index (Phi) is 4.77. The van der Waals surface area contributed by atoms with Gasteiger partial charge in [-0.3, -0.25) is 5.10 Å². The summed E-state index contributed by atoms with van der Waals surface area (Å²) in [6.07, 6.45) is 1.94. The molecule has 2 rings (SSSR count). The van der Waals surface area contributed by atoms with E-state index in [9.17, 15) is 8.78 Å². The minimum Gasteiger partial charge on any atom is -0.435 e. The van der Waals surface area contributed by atoms with E-state index in [1.165, 1.54) is 12.1 Å². The number of nitrogens with zero attached hydrogens (tertiary/aromatic N) is 1. The Bertz CT molecular complexity index is 577. The second kappa shape index (κ2) is 6.56. The number of halogens is 2. The third-order valence-corrected chi connectivity index (χ3v) is 3.58. The molecule has 0 fully saturated rings. The first-order valence-electron chi connectivity index (χ1n) is 6.95. The van der Waals surface area contributed by atoms with Gasteiger partial charge in [0.15, 0.2) is 5.82 Å². The summed E-state index contributed by atoms with van der Waals surface area (Å²) in [5, 5.41) is 7.08. The molecular formula is C15H19F2N3O. The highest BCUT2D eigenvalue weighted by Crippen LogP contribution is 2.35. The van der Waals surface area contributed by atoms with Crippen LogP contribution < -0.4 is 10.5 Å². The average molecular weight is 295 g/mol. The van der Waals surface area contributed by atoms with E-state index in [2.05, 4.69) is 28.8 Å². The predicted molar refractivity (Wildman–Crippen MR) is 78.4 cm³/mol. The van der Waals surface area contributed by atoms with Crippen molar-refractivity contribution < 1.29 is 13.5 Å². The van der Waals surface area contributed by atoms with Crippen molar-refractivity contribution in [2.45, 2.75) is 39.2 Å². The standard InChI is InChI=1S/C15H19F2N3O/c1-3-9(4-2)13-12(14(18)20-19-13)10-5-7-11(8-6-10)21-15(16)17/h5-9,15H,3-4H2,1-2H3,(H3,18,19,20). The summed E-state index contributed by atoms with van der Waals surface area (Å²) in [5.41, 5.74) is 8.61. The number of anilines is 1. The third-order valence-electron chi connectivity index (χ3n) is 3.58. The predicted octanol–water partition coefficient (Wildman–Crippen LogP) is 4.16. The molecule has 0 bridgehead atoms. The van der Waals surface area contributed by atoms with E-state index in [0.717, 1.165) is 29.7 Å². The number of nitrogens with one attached hydrogen (secondary N) is 1. The Hall–Kier alpha value is -2.11. The smallest absolute Gasteiger partial charge is 0.387 e. The van der Waals surface area contributed by atoms with Crippen molar-refractivity contribution in [3.8, 4) is 16.9 Å². The van der Waals surface area contributed by atoms with Crippen LogP contribution in [0.2, 0.25) is 0 Å². The number of ether oxygens (including phenoxy) is 1. The van der Waals surface area contributed by atoms with Crippen LogP contribution in [0.15, 0.2) is 24.3 Å². The van der Waals surface area contributed by atoms with E-state index in [4.69, 9.17) is 5.73 Å². The fourth-order valence-corrected chi connectivity index (χ4v) is 2.47. The van der Waals surface area contributed by atoms with Crippen molar-refractivity contribution in [1.29, 1.82) is 0 Å². The quantitative estimate of drug-likeness (QED) is 0.841. The van der Waals surface area contributed by atoms with E-state index in [1.54, 1.807) is 12.1 Å². The molecule has 0 radical (unpaired) electrons. The number of rotatable bonds is 6. The van der Waals surface area contributed by atoms with E-state index in [-0.39, 0.29) is 5.75 Å². The van der Waals surface area contributed by atoms with Gasteiger partial charge in [0.05, 0.1) is 0 Å². The fraction of sp³-hybridized carbons (Fsp3) is 0.400. The third kappa shape index (κ3) is 3.32. The van der Waals surface area contributed by atoms with Crippen LogP contribution in [-0.4, -0.2) is 16.8 Å². The SMILES string of the molecule is CCC(CC)c1[nH]nc(N)c1-c1ccc(OC(F)F)cc1. The first-order chi connectivity index (χ1) is 10.1. The van der Waals surface area contributed by atoms with Crippen molar-refractivity contribution in [1.82, 2.24) is 10.2 Å². The summed E-state index contributed by atoms with van der Waals surface area (Å²) >= 11 is 0. The molecule has 0 saturated heterocycles. The number of H-pyrrole nitrogens is 1. The number of hydrogen-bond acceptors (Lipinski definition) is 3. The second-order valence-electron chi connectivity index (χ2n) is 4.81. The molecule has 1 aromatic carbocycles. The lowest BCUT2D eigenvalue weighted by Gasteiger charge is -2.13. The molecule has 2 aromatic rings. The zero-order valence-corrected chi connectivity index (χ0v) is 12.1. The molecule has 0 aliphatic carbocycles. The molecule has 6 heteroatoms. The number of aromatic nitrogens is 2. The maximum absolute atomic E-state index is 12.2. The molecule has 21 heavy (non-hydrogen) atoms. The van der Waals surface area contributed by atoms with Gasteiger partial charge in [-0.05, 0) is 30.5 Å². The van der Waals surface area contributed by atoms with Crippen LogP contribution in [0.25, 0.3) is 11.1 Å². The van der Waals surface area contributed by atoms with Crippen LogP contribution in [0.4, 0.5) is 14.6 Å². The molecule has 0 spiro atoms. The van der Waals surface area contributed by atoms with Gasteiger partial charge in [0.25, 0.3) is 0 Å². The molecule has 0 atom stereocenters. The van der Waals surface area contributed by atoms with Crippen molar-refractivity contribution in [2.24, 2.45) is 0 Å². The van der Waals surface area contributed by atoms with E-state index >= 15 is 0 Å². The number of hydrogen-bond donors (Lipinski definition) is 2. The number of alkyl halides is 2. The van der Waals surface area contributed by atoms with Crippen molar-refractivity contribution in [2.75, 3.05) is 5.73 Å². The summed E-state index contributed by atoms with van der Waals surface area (Å²) in [6.45, 7) is 1.39. The Balaban J connectivity index is 2.35. The van der Waals surface area contributed by atoms with Crippen LogP contribution >= 0.6 is 0 Å². The molecular weight excluding hydrogens is 276 g/mol. The summed E-state index contributed by atoms with van der Waals surface area (Å²) in [4.78, 5) is 0. The van der Waals surface area contributed by atoms with Crippen molar-refractivity contribution in [3.63, 3.8) is 0 Å². The maximum atomic E-state index is 12.2. The van der Waals surface area contributed by atoms with Crippen LogP contribution in [0.3, 0.4) is 0 Å². The zero-order valence-electron chi connectivity index (χ0n) is 12.1. The van der Waals surface area contributed by atoms with E-state index in [0.29, 0.717) is 11.7 Å². The summed E-state index contributed by atoms with van der Waals surface area (Å²) in [7, 11) is 0. The van der Waals surface area contributed by atoms with Crippen molar-refractivity contribution >= 4 is 5.82 Å². The number of aromatic amines is 1. The number of nitrogens with two attached hydrogens (primary N) is 1. The molecule has 0 amide bonds. The normalized spacial score (nSPS) is 11.3. The maximum Gasteiger partial charge on any atom is 0.387 e. The minimum atomic E-state index is -2.82. The second-order valence-corrected chi connectivity index (χ2v) is 4.81. The minimum absolute atomic E-state index is 0.125. The zero-order chi connectivity index (χ0) is 15.4. The number of nitrogen functional groups attached to an aromatic ring is 1. The Morgan fingerprint density at radius 2 is 1.81 bits per heavy atom. The first-order valence-corrected chi connectivity index (χ1v) is 6.95. The highest BCUT2D eigenvalue weighted by Gasteiger charge is 2.19. The van der Waals surface area contributed by atoms with Crippen LogP contribution in [0.5, 0.6) is 5.75 Å². The first kappa shape index (κ1) is 15.3. The Morgan fingerprint density at radius 1 is 1.19 bits per heavy atom. The monoisotopic (exact) mass is 295 g/mol. The van der Waals surface area contributed by atoms with Crippen LogP contribution in [0, 0.1) is 0 Å². The largest absolute Gasteiger partial charge is 0.435 e. The molecule has 0 aliphatic rings. The molecule has 0 saturated carbocycles. The van der Waals surface area contributed by atoms with Gasteiger partial charge >= 0.3 is 6.61 Å². The average Bonchev–Trinajstić information content (AvgIpc) is 2.83. The highest BCUT2D eigenvalue weighted by atomic mass is 19.3. The molecule has 3 N–H and O–H groups in total. The molecule has 1 heterocycles. The molecule has 1 aromatic heterocycles. The van der Waals surface area contributed by atoms with Gasteiger partial charge in [0, 0.05) is 17.2 Å². The summed E-state index contributed by atoms with van der Waals surface area (Å²) in [5.74, 6) is 0.876. The lowest BCUT2D eigenvalue weighted by atomic mass is 9.93.